The highest BCUT2D eigenvalue weighted by Crippen LogP contribution is 2.09. The Morgan fingerprint density at radius 1 is 1.50 bits per heavy atom. The summed E-state index contributed by atoms with van der Waals surface area (Å²) in [7, 11) is -2.15. The van der Waals surface area contributed by atoms with Crippen molar-refractivity contribution in [3.63, 3.8) is 0 Å². The number of sulfonamides is 1. The monoisotopic (exact) mass is 338 g/mol. The minimum absolute atomic E-state index is 0.0100. The van der Waals surface area contributed by atoms with E-state index < -0.39 is 21.7 Å². The zero-order chi connectivity index (χ0) is 13.8. The first-order chi connectivity index (χ1) is 8.38. The van der Waals surface area contributed by atoms with Gasteiger partial charge in [0.1, 0.15) is 5.69 Å². The van der Waals surface area contributed by atoms with Crippen molar-refractivity contribution in [1.82, 2.24) is 4.98 Å². The minimum atomic E-state index is -3.60. The number of halogens is 1. The largest absolute Gasteiger partial charge is 0.380 e. The molecule has 18 heavy (non-hydrogen) atoms. The maximum Gasteiger partial charge on any atom is 0.273 e. The van der Waals surface area contributed by atoms with Gasteiger partial charge in [-0.1, -0.05) is 6.92 Å². The molecule has 1 aromatic heterocycles. The number of hydrogen-bond donors (Lipinski definition) is 2. The van der Waals surface area contributed by atoms with Gasteiger partial charge >= 0.3 is 0 Å². The second-order valence-corrected chi connectivity index (χ2v) is 6.32. The van der Waals surface area contributed by atoms with Crippen molar-refractivity contribution in [3.8, 4) is 0 Å². The number of hydrogen-bond acceptors (Lipinski definition) is 4. The Balaban J connectivity index is 2.86. The zero-order valence-corrected chi connectivity index (χ0v) is 12.5. The molecule has 1 rings (SSSR count). The van der Waals surface area contributed by atoms with Crippen molar-refractivity contribution in [1.29, 1.82) is 0 Å². The van der Waals surface area contributed by atoms with E-state index in [1.807, 2.05) is 6.92 Å². The molecule has 1 unspecified atom stereocenters. The van der Waals surface area contributed by atoms with Gasteiger partial charge in [-0.25, -0.2) is 8.42 Å². The first-order valence-electron chi connectivity index (χ1n) is 5.30. The smallest absolute Gasteiger partial charge is 0.273 e. The van der Waals surface area contributed by atoms with E-state index in [1.54, 1.807) is 6.07 Å². The predicted octanol–water partition coefficient (Wildman–Crippen LogP) is 1.30. The molecule has 0 spiro atoms. The number of anilines is 1. The van der Waals surface area contributed by atoms with Gasteiger partial charge in [0.15, 0.2) is 0 Å². The summed E-state index contributed by atoms with van der Waals surface area (Å²) < 4.78 is 31.4. The van der Waals surface area contributed by atoms with E-state index in [0.29, 0.717) is 11.0 Å². The van der Waals surface area contributed by atoms with Crippen LogP contribution in [0.25, 0.3) is 0 Å². The van der Waals surface area contributed by atoms with Crippen molar-refractivity contribution in [2.24, 2.45) is 0 Å². The van der Waals surface area contributed by atoms with Gasteiger partial charge < -0.3 is 9.72 Å². The summed E-state index contributed by atoms with van der Waals surface area (Å²) in [6, 6.07) is 2.95. The van der Waals surface area contributed by atoms with E-state index in [0.717, 1.165) is 0 Å². The molecule has 0 saturated heterocycles. The number of pyridine rings is 1. The first-order valence-corrected chi connectivity index (χ1v) is 7.74. The molecule has 0 bridgehead atoms. The van der Waals surface area contributed by atoms with Crippen LogP contribution in [0.15, 0.2) is 21.5 Å². The van der Waals surface area contributed by atoms with E-state index in [-0.39, 0.29) is 11.4 Å². The lowest BCUT2D eigenvalue weighted by molar-refractivity contribution is 0.117. The van der Waals surface area contributed by atoms with Crippen LogP contribution >= 0.6 is 15.9 Å². The van der Waals surface area contributed by atoms with Crippen LogP contribution in [0, 0.1) is 0 Å². The van der Waals surface area contributed by atoms with Crippen LogP contribution in [-0.2, 0) is 14.8 Å². The number of nitrogens with one attached hydrogen (secondary N) is 2. The normalized spacial score (nSPS) is 13.3. The third-order valence-electron chi connectivity index (χ3n) is 2.33. The van der Waals surface area contributed by atoms with Gasteiger partial charge in [-0.05, 0) is 34.5 Å². The fraction of sp³-hybridized carbons (Fsp3) is 0.500. The van der Waals surface area contributed by atoms with E-state index in [1.165, 1.54) is 13.2 Å². The van der Waals surface area contributed by atoms with Gasteiger partial charge in [0, 0.05) is 7.11 Å². The van der Waals surface area contributed by atoms with Crippen molar-refractivity contribution in [3.05, 3.63) is 27.1 Å². The lowest BCUT2D eigenvalue weighted by atomic mass is 10.3. The van der Waals surface area contributed by atoms with Crippen LogP contribution in [0.2, 0.25) is 0 Å². The molecular formula is C10H15BrN2O4S. The highest BCUT2D eigenvalue weighted by atomic mass is 79.9. The van der Waals surface area contributed by atoms with Gasteiger partial charge in [0.25, 0.3) is 5.56 Å². The summed E-state index contributed by atoms with van der Waals surface area (Å²) in [6.07, 6.45) is 0.186. The summed E-state index contributed by atoms with van der Waals surface area (Å²) in [5.41, 5.74) is -0.512. The Hall–Kier alpha value is -0.860. The van der Waals surface area contributed by atoms with Crippen LogP contribution in [0.4, 0.5) is 5.69 Å². The SMILES string of the molecule is CCC(CS(=O)(=O)Nc1ccc(Br)[nH]c1=O)OC. The summed E-state index contributed by atoms with van der Waals surface area (Å²) in [6.45, 7) is 1.83. The Morgan fingerprint density at radius 2 is 2.17 bits per heavy atom. The van der Waals surface area contributed by atoms with Gasteiger partial charge in [0.2, 0.25) is 10.0 Å². The fourth-order valence-corrected chi connectivity index (χ4v) is 3.09. The molecule has 0 aliphatic rings. The second kappa shape index (κ2) is 6.35. The van der Waals surface area contributed by atoms with Gasteiger partial charge in [-0.15, -0.1) is 0 Å². The van der Waals surface area contributed by atoms with Crippen molar-refractivity contribution in [2.45, 2.75) is 19.4 Å². The third kappa shape index (κ3) is 4.43. The average molecular weight is 339 g/mol. The topological polar surface area (TPSA) is 88.3 Å². The summed E-state index contributed by atoms with van der Waals surface area (Å²) in [4.78, 5) is 13.9. The van der Waals surface area contributed by atoms with Crippen LogP contribution < -0.4 is 10.3 Å². The number of methoxy groups -OCH3 is 1. The van der Waals surface area contributed by atoms with Crippen LogP contribution in [0.3, 0.4) is 0 Å². The molecule has 1 atom stereocenters. The van der Waals surface area contributed by atoms with E-state index in [9.17, 15) is 13.2 Å². The van der Waals surface area contributed by atoms with Gasteiger partial charge in [0.05, 0.1) is 16.5 Å². The zero-order valence-electron chi connectivity index (χ0n) is 10.1. The maximum atomic E-state index is 11.8. The molecule has 8 heteroatoms. The Morgan fingerprint density at radius 3 is 2.67 bits per heavy atom. The maximum absolute atomic E-state index is 11.8. The van der Waals surface area contributed by atoms with E-state index in [2.05, 4.69) is 25.6 Å². The molecule has 1 aromatic rings. The molecule has 0 radical (unpaired) electrons. The Bertz CT molecular complexity index is 551. The molecule has 0 saturated carbocycles. The quantitative estimate of drug-likeness (QED) is 0.765. The molecule has 102 valence electrons. The molecule has 6 nitrogen and oxygen atoms in total. The predicted molar refractivity (Wildman–Crippen MR) is 73.3 cm³/mol. The van der Waals surface area contributed by atoms with Crippen LogP contribution in [-0.4, -0.2) is 32.4 Å². The Kier molecular flexibility index (Phi) is 5.36. The number of rotatable bonds is 6. The van der Waals surface area contributed by atoms with E-state index >= 15 is 0 Å². The molecule has 0 aliphatic heterocycles. The Labute approximate surface area is 114 Å². The second-order valence-electron chi connectivity index (χ2n) is 3.70. The summed E-state index contributed by atoms with van der Waals surface area (Å²) >= 11 is 3.09. The standard InChI is InChI=1S/C10H15BrN2O4S/c1-3-7(17-2)6-18(15,16)13-8-4-5-9(11)12-10(8)14/h4-5,7,13H,3,6H2,1-2H3,(H,12,14). The highest BCUT2D eigenvalue weighted by Gasteiger charge is 2.18. The number of aromatic nitrogens is 1. The number of ether oxygens (including phenoxy) is 1. The molecule has 0 aliphatic carbocycles. The summed E-state index contributed by atoms with van der Waals surface area (Å²) in [5, 5.41) is 0. The highest BCUT2D eigenvalue weighted by molar-refractivity contribution is 9.10. The lowest BCUT2D eigenvalue weighted by Gasteiger charge is -2.14. The molecular weight excluding hydrogens is 324 g/mol. The summed E-state index contributed by atoms with van der Waals surface area (Å²) in [5.74, 6) is -0.185. The van der Waals surface area contributed by atoms with Crippen molar-refractivity contribution < 1.29 is 13.2 Å². The van der Waals surface area contributed by atoms with Crippen molar-refractivity contribution >= 4 is 31.6 Å². The first kappa shape index (κ1) is 15.2. The van der Waals surface area contributed by atoms with Crippen LogP contribution in [0.5, 0.6) is 0 Å². The van der Waals surface area contributed by atoms with Gasteiger partial charge in [-0.2, -0.15) is 0 Å². The fourth-order valence-electron chi connectivity index (χ4n) is 1.34. The number of aromatic amines is 1. The minimum Gasteiger partial charge on any atom is -0.380 e. The molecule has 0 aromatic carbocycles. The van der Waals surface area contributed by atoms with E-state index in [4.69, 9.17) is 4.74 Å². The van der Waals surface area contributed by atoms with Crippen molar-refractivity contribution in [2.75, 3.05) is 17.6 Å². The molecule has 2 N–H and O–H groups in total. The lowest BCUT2D eigenvalue weighted by Crippen LogP contribution is -2.29. The molecule has 1 heterocycles. The molecule has 0 amide bonds. The van der Waals surface area contributed by atoms with Crippen LogP contribution in [0.1, 0.15) is 13.3 Å². The average Bonchev–Trinajstić information content (AvgIpc) is 2.30. The number of H-pyrrole nitrogens is 1. The molecule has 0 fully saturated rings. The third-order valence-corrected chi connectivity index (χ3v) is 4.14. The van der Waals surface area contributed by atoms with Gasteiger partial charge in [-0.3, -0.25) is 9.52 Å².